The molecule has 2 heterocycles. The number of thioether (sulfide) groups is 1. The third kappa shape index (κ3) is 3.92. The summed E-state index contributed by atoms with van der Waals surface area (Å²) >= 11 is 3.04. The molecule has 1 aromatic heterocycles. The Balaban J connectivity index is 1.87. The van der Waals surface area contributed by atoms with Gasteiger partial charge in [-0.3, -0.25) is 4.79 Å². The summed E-state index contributed by atoms with van der Waals surface area (Å²) in [4.78, 5) is 17.7. The Morgan fingerprint density at radius 1 is 1.24 bits per heavy atom. The molecule has 0 bridgehead atoms. The highest BCUT2D eigenvalue weighted by molar-refractivity contribution is 7.98. The van der Waals surface area contributed by atoms with Crippen molar-refractivity contribution in [2.45, 2.75) is 11.4 Å². The number of hydrogen-bond donors (Lipinski definition) is 0. The van der Waals surface area contributed by atoms with Gasteiger partial charge in [-0.05, 0) is 18.4 Å². The highest BCUT2D eigenvalue weighted by Gasteiger charge is 2.20. The van der Waals surface area contributed by atoms with Gasteiger partial charge in [-0.25, -0.2) is 8.42 Å². The molecule has 1 aliphatic heterocycles. The predicted octanol–water partition coefficient (Wildman–Crippen LogP) is 2.94. The van der Waals surface area contributed by atoms with E-state index in [4.69, 9.17) is 9.47 Å². The second kappa shape index (κ2) is 7.85. The van der Waals surface area contributed by atoms with Crippen LogP contribution in [0, 0.1) is 0 Å². The number of carbonyl (C=O) groups excluding carboxylic acids is 1. The van der Waals surface area contributed by atoms with Crippen molar-refractivity contribution >= 4 is 49.1 Å². The second-order valence-electron chi connectivity index (χ2n) is 6.39. The molecule has 0 atom stereocenters. The van der Waals surface area contributed by atoms with E-state index in [2.05, 4.69) is 4.99 Å². The number of benzene rings is 2. The van der Waals surface area contributed by atoms with E-state index in [9.17, 15) is 13.2 Å². The van der Waals surface area contributed by atoms with Gasteiger partial charge in [0.1, 0.15) is 0 Å². The molecule has 29 heavy (non-hydrogen) atoms. The molecular weight excluding hydrogens is 432 g/mol. The fourth-order valence-corrected chi connectivity index (χ4v) is 5.37. The smallest absolute Gasteiger partial charge is 0.280 e. The topological polar surface area (TPSA) is 87.0 Å². The van der Waals surface area contributed by atoms with Crippen molar-refractivity contribution in [1.82, 2.24) is 4.57 Å². The molecular formula is C19H18N2O5S3. The largest absolute Gasteiger partial charge is 0.454 e. The monoisotopic (exact) mass is 450 g/mol. The Morgan fingerprint density at radius 3 is 2.69 bits per heavy atom. The predicted molar refractivity (Wildman–Crippen MR) is 114 cm³/mol. The Kier molecular flexibility index (Phi) is 5.41. The summed E-state index contributed by atoms with van der Waals surface area (Å²) in [6.07, 6.45) is 3.09. The summed E-state index contributed by atoms with van der Waals surface area (Å²) in [5, 5.41) is 0. The molecule has 4 rings (SSSR count). The summed E-state index contributed by atoms with van der Waals surface area (Å²) < 4.78 is 37.9. The van der Waals surface area contributed by atoms with E-state index in [1.54, 1.807) is 23.9 Å². The number of carbonyl (C=O) groups is 1. The Morgan fingerprint density at radius 2 is 1.97 bits per heavy atom. The zero-order valence-corrected chi connectivity index (χ0v) is 18.2. The maximum Gasteiger partial charge on any atom is 0.280 e. The first-order chi connectivity index (χ1) is 13.9. The first-order valence-electron chi connectivity index (χ1n) is 8.68. The van der Waals surface area contributed by atoms with Crippen molar-refractivity contribution in [2.24, 2.45) is 4.99 Å². The van der Waals surface area contributed by atoms with Crippen LogP contribution in [-0.4, -0.2) is 43.9 Å². The van der Waals surface area contributed by atoms with Gasteiger partial charge in [0.2, 0.25) is 6.79 Å². The fourth-order valence-electron chi connectivity index (χ4n) is 3.06. The van der Waals surface area contributed by atoms with Gasteiger partial charge in [0.05, 0.1) is 20.7 Å². The molecule has 152 valence electrons. The molecule has 7 nitrogen and oxygen atoms in total. The first-order valence-corrected chi connectivity index (χ1v) is 12.8. The minimum Gasteiger partial charge on any atom is -0.454 e. The lowest BCUT2D eigenvalue weighted by molar-refractivity contribution is 0.0994. The zero-order chi connectivity index (χ0) is 20.6. The van der Waals surface area contributed by atoms with E-state index in [0.717, 1.165) is 22.2 Å². The molecule has 3 aromatic rings. The van der Waals surface area contributed by atoms with Crippen molar-refractivity contribution < 1.29 is 22.7 Å². The number of aryl methyl sites for hydroxylation is 1. The number of rotatable bonds is 5. The van der Waals surface area contributed by atoms with E-state index in [1.165, 1.54) is 23.5 Å². The van der Waals surface area contributed by atoms with Crippen molar-refractivity contribution in [3.05, 3.63) is 46.8 Å². The van der Waals surface area contributed by atoms with Crippen LogP contribution in [0.25, 0.3) is 10.2 Å². The minimum atomic E-state index is -3.55. The molecule has 0 N–H and O–H groups in total. The van der Waals surface area contributed by atoms with E-state index in [1.807, 2.05) is 23.0 Å². The third-order valence-corrected chi connectivity index (χ3v) is 7.20. The molecule has 10 heteroatoms. The van der Waals surface area contributed by atoms with Crippen LogP contribution in [0.1, 0.15) is 10.4 Å². The van der Waals surface area contributed by atoms with Crippen molar-refractivity contribution in [2.75, 3.05) is 25.1 Å². The molecule has 0 unspecified atom stereocenters. The molecule has 2 aromatic carbocycles. The highest BCUT2D eigenvalue weighted by atomic mass is 32.2. The summed E-state index contributed by atoms with van der Waals surface area (Å²) in [5.74, 6) is 1.57. The maximum absolute atomic E-state index is 12.9. The van der Waals surface area contributed by atoms with Crippen LogP contribution in [0.2, 0.25) is 0 Å². The number of amides is 1. The van der Waals surface area contributed by atoms with Gasteiger partial charge >= 0.3 is 0 Å². The molecule has 0 fully saturated rings. The molecule has 0 saturated heterocycles. The zero-order valence-electron chi connectivity index (χ0n) is 15.7. The van der Waals surface area contributed by atoms with E-state index in [0.29, 0.717) is 22.8 Å². The van der Waals surface area contributed by atoms with Crippen LogP contribution in [0.5, 0.6) is 11.5 Å². The van der Waals surface area contributed by atoms with Crippen molar-refractivity contribution in [1.29, 1.82) is 0 Å². The van der Waals surface area contributed by atoms with Gasteiger partial charge in [-0.2, -0.15) is 16.8 Å². The lowest BCUT2D eigenvalue weighted by Gasteiger charge is -2.05. The lowest BCUT2D eigenvalue weighted by Crippen LogP contribution is -2.19. The van der Waals surface area contributed by atoms with Crippen LogP contribution in [0.15, 0.2) is 46.3 Å². The average Bonchev–Trinajstić information content (AvgIpc) is 3.27. The van der Waals surface area contributed by atoms with Gasteiger partial charge in [-0.1, -0.05) is 23.5 Å². The van der Waals surface area contributed by atoms with Gasteiger partial charge in [0, 0.05) is 30.7 Å². The Hall–Kier alpha value is -2.30. The molecule has 1 amide bonds. The van der Waals surface area contributed by atoms with Gasteiger partial charge in [0.15, 0.2) is 26.1 Å². The average molecular weight is 451 g/mol. The van der Waals surface area contributed by atoms with Crippen LogP contribution >= 0.6 is 23.1 Å². The second-order valence-corrected chi connectivity index (χ2v) is 10.4. The molecule has 0 aliphatic carbocycles. The van der Waals surface area contributed by atoms with Crippen LogP contribution < -0.4 is 14.3 Å². The van der Waals surface area contributed by atoms with Gasteiger partial charge in [0.25, 0.3) is 5.91 Å². The third-order valence-electron chi connectivity index (χ3n) is 4.41. The number of ether oxygens (including phenoxy) is 2. The SMILES string of the molecule is CSCCn1c(=NC(=O)c2ccccc2S(C)(=O)=O)sc2cc3c(cc21)OCO3. The quantitative estimate of drug-likeness (QED) is 0.594. The molecule has 0 saturated carbocycles. The van der Waals surface area contributed by atoms with Gasteiger partial charge in [-0.15, -0.1) is 0 Å². The molecule has 0 spiro atoms. The van der Waals surface area contributed by atoms with Gasteiger partial charge < -0.3 is 14.0 Å². The number of fused-ring (bicyclic) bond motifs is 2. The number of nitrogens with zero attached hydrogens (tertiary/aromatic N) is 2. The summed E-state index contributed by atoms with van der Waals surface area (Å²) in [6.45, 7) is 0.843. The fraction of sp³-hybridized carbons (Fsp3) is 0.263. The standard InChI is InChI=1S/C19H18N2O5S3/c1-27-8-7-21-13-9-14-15(26-11-25-14)10-16(13)28-19(21)20-18(22)12-5-3-4-6-17(12)29(2,23)24/h3-6,9-10H,7-8,11H2,1-2H3. The number of thiazole rings is 1. The van der Waals surface area contributed by atoms with Crippen LogP contribution in [0.4, 0.5) is 0 Å². The maximum atomic E-state index is 12.9. The Labute approximate surface area is 175 Å². The summed E-state index contributed by atoms with van der Waals surface area (Å²) in [6, 6.07) is 9.90. The van der Waals surface area contributed by atoms with E-state index in [-0.39, 0.29) is 17.3 Å². The minimum absolute atomic E-state index is 0.0219. The molecule has 0 radical (unpaired) electrons. The summed E-state index contributed by atoms with van der Waals surface area (Å²) in [7, 11) is -3.55. The van der Waals surface area contributed by atoms with E-state index < -0.39 is 15.7 Å². The first kappa shape index (κ1) is 20.0. The normalized spacial score (nSPS) is 13.9. The highest BCUT2D eigenvalue weighted by Crippen LogP contribution is 2.37. The van der Waals surface area contributed by atoms with E-state index >= 15 is 0 Å². The van der Waals surface area contributed by atoms with Crippen LogP contribution in [0.3, 0.4) is 0 Å². The van der Waals surface area contributed by atoms with Crippen molar-refractivity contribution in [3.63, 3.8) is 0 Å². The van der Waals surface area contributed by atoms with Crippen LogP contribution in [-0.2, 0) is 16.4 Å². The van der Waals surface area contributed by atoms with Crippen molar-refractivity contribution in [3.8, 4) is 11.5 Å². The molecule has 1 aliphatic rings. The number of hydrogen-bond acceptors (Lipinski definition) is 7. The number of aromatic nitrogens is 1. The lowest BCUT2D eigenvalue weighted by atomic mass is 10.2. The number of sulfone groups is 1. The summed E-state index contributed by atoms with van der Waals surface area (Å²) in [5.41, 5.74) is 0.967. The Bertz CT molecular complexity index is 1270.